The van der Waals surface area contributed by atoms with Gasteiger partial charge in [-0.1, -0.05) is 18.2 Å². The van der Waals surface area contributed by atoms with Gasteiger partial charge in [0.2, 0.25) is 10.0 Å². The highest BCUT2D eigenvalue weighted by molar-refractivity contribution is 7.89. The summed E-state index contributed by atoms with van der Waals surface area (Å²) in [4.78, 5) is 6.07. The summed E-state index contributed by atoms with van der Waals surface area (Å²) in [5, 5.41) is 8.54. The van der Waals surface area contributed by atoms with Crippen LogP contribution in [0.5, 0.6) is 0 Å². The second-order valence-corrected chi connectivity index (χ2v) is 8.74. The van der Waals surface area contributed by atoms with Gasteiger partial charge < -0.3 is 10.6 Å². The topological polar surface area (TPSA) is 73.8 Å². The zero-order chi connectivity index (χ0) is 18.3. The van der Waals surface area contributed by atoms with Gasteiger partial charge in [0, 0.05) is 25.5 Å². The Morgan fingerprint density at radius 2 is 1.88 bits per heavy atom. The summed E-state index contributed by atoms with van der Waals surface area (Å²) in [6.45, 7) is 3.99. The number of thiophene rings is 1. The molecule has 0 aliphatic heterocycles. The average Bonchev–Trinajstić information content (AvgIpc) is 3.11. The van der Waals surface area contributed by atoms with E-state index in [1.165, 1.54) is 23.3 Å². The Balaban J connectivity index is 2.02. The summed E-state index contributed by atoms with van der Waals surface area (Å²) >= 11 is 1.70. The summed E-state index contributed by atoms with van der Waals surface area (Å²) < 4.78 is 25.3. The van der Waals surface area contributed by atoms with Crippen molar-refractivity contribution >= 4 is 27.3 Å². The normalized spacial score (nSPS) is 12.4. The first-order valence-electron chi connectivity index (χ1n) is 7.99. The summed E-state index contributed by atoms with van der Waals surface area (Å²) in [6.07, 6.45) is 0. The largest absolute Gasteiger partial charge is 0.357 e. The van der Waals surface area contributed by atoms with E-state index in [4.69, 9.17) is 0 Å². The summed E-state index contributed by atoms with van der Waals surface area (Å²) in [7, 11) is -0.347. The Morgan fingerprint density at radius 3 is 2.44 bits per heavy atom. The monoisotopic (exact) mass is 380 g/mol. The Labute approximate surface area is 153 Å². The predicted octanol–water partition coefficient (Wildman–Crippen LogP) is 2.25. The Morgan fingerprint density at radius 1 is 1.16 bits per heavy atom. The molecule has 0 aliphatic carbocycles. The molecule has 0 fully saturated rings. The highest BCUT2D eigenvalue weighted by Crippen LogP contribution is 2.14. The lowest BCUT2D eigenvalue weighted by molar-refractivity contribution is 0.520. The van der Waals surface area contributed by atoms with E-state index in [2.05, 4.69) is 21.7 Å². The minimum atomic E-state index is -3.39. The number of benzene rings is 1. The molecular formula is C17H24N4O2S2. The molecule has 8 heteroatoms. The van der Waals surface area contributed by atoms with Gasteiger partial charge in [0.05, 0.1) is 18.0 Å². The summed E-state index contributed by atoms with van der Waals surface area (Å²) in [5.41, 5.74) is 0.950. The molecule has 0 amide bonds. The first-order chi connectivity index (χ1) is 11.9. The van der Waals surface area contributed by atoms with E-state index >= 15 is 0 Å². The third-order valence-corrected chi connectivity index (χ3v) is 6.18. The van der Waals surface area contributed by atoms with Crippen LogP contribution < -0.4 is 10.6 Å². The Hall–Kier alpha value is -1.90. The summed E-state index contributed by atoms with van der Waals surface area (Å²) in [6, 6.07) is 10.9. The van der Waals surface area contributed by atoms with Crippen molar-refractivity contribution in [2.24, 2.45) is 4.99 Å². The van der Waals surface area contributed by atoms with Crippen molar-refractivity contribution < 1.29 is 8.42 Å². The van der Waals surface area contributed by atoms with Crippen LogP contribution >= 0.6 is 11.3 Å². The minimum absolute atomic E-state index is 0.285. The van der Waals surface area contributed by atoms with Crippen LogP contribution in [0.2, 0.25) is 0 Å². The molecule has 1 aromatic heterocycles. The van der Waals surface area contributed by atoms with Gasteiger partial charge >= 0.3 is 0 Å². The van der Waals surface area contributed by atoms with E-state index in [1.807, 2.05) is 18.4 Å². The fourth-order valence-corrected chi connectivity index (χ4v) is 3.62. The number of hydrogen-bond acceptors (Lipinski definition) is 4. The molecule has 0 spiro atoms. The fourth-order valence-electron chi connectivity index (χ4n) is 2.07. The quantitative estimate of drug-likeness (QED) is 0.571. The average molecular weight is 381 g/mol. The van der Waals surface area contributed by atoms with Gasteiger partial charge in [0.25, 0.3) is 0 Å². The minimum Gasteiger partial charge on any atom is -0.357 e. The number of aliphatic imine (C=N–C) groups is 1. The van der Waals surface area contributed by atoms with Gasteiger partial charge in [-0.05, 0) is 36.1 Å². The molecule has 0 radical (unpaired) electrons. The van der Waals surface area contributed by atoms with Crippen molar-refractivity contribution in [2.45, 2.75) is 24.9 Å². The molecule has 0 atom stereocenters. The van der Waals surface area contributed by atoms with Crippen LogP contribution in [-0.2, 0) is 23.1 Å². The van der Waals surface area contributed by atoms with E-state index in [-0.39, 0.29) is 4.90 Å². The SMILES string of the molecule is CCNC(=NCc1ccc(S(=O)(=O)N(C)C)cc1)NCc1cccs1. The smallest absolute Gasteiger partial charge is 0.242 e. The predicted molar refractivity (Wildman–Crippen MR) is 103 cm³/mol. The zero-order valence-electron chi connectivity index (χ0n) is 14.7. The van der Waals surface area contributed by atoms with Crippen molar-refractivity contribution in [3.8, 4) is 0 Å². The molecule has 0 unspecified atom stereocenters. The van der Waals surface area contributed by atoms with Gasteiger partial charge in [-0.15, -0.1) is 11.3 Å². The third-order valence-electron chi connectivity index (χ3n) is 3.48. The highest BCUT2D eigenvalue weighted by atomic mass is 32.2. The zero-order valence-corrected chi connectivity index (χ0v) is 16.3. The molecule has 2 rings (SSSR count). The van der Waals surface area contributed by atoms with Crippen LogP contribution in [0.25, 0.3) is 0 Å². The van der Waals surface area contributed by atoms with Crippen molar-refractivity contribution in [3.05, 3.63) is 52.2 Å². The van der Waals surface area contributed by atoms with Gasteiger partial charge in [-0.2, -0.15) is 0 Å². The standard InChI is InChI=1S/C17H24N4O2S2/c1-4-18-17(20-13-15-6-5-11-24-15)19-12-14-7-9-16(10-8-14)25(22,23)21(2)3/h5-11H,4,12-13H2,1-3H3,(H2,18,19,20). The molecular weight excluding hydrogens is 356 g/mol. The van der Waals surface area contributed by atoms with E-state index in [9.17, 15) is 8.42 Å². The van der Waals surface area contributed by atoms with E-state index < -0.39 is 10.0 Å². The lowest BCUT2D eigenvalue weighted by Gasteiger charge is -2.12. The van der Waals surface area contributed by atoms with Crippen LogP contribution in [0, 0.1) is 0 Å². The van der Waals surface area contributed by atoms with Crippen LogP contribution in [0.3, 0.4) is 0 Å². The van der Waals surface area contributed by atoms with Crippen molar-refractivity contribution in [1.82, 2.24) is 14.9 Å². The first-order valence-corrected chi connectivity index (χ1v) is 10.3. The van der Waals surface area contributed by atoms with Gasteiger partial charge in [-0.25, -0.2) is 17.7 Å². The second kappa shape index (κ2) is 8.98. The van der Waals surface area contributed by atoms with Gasteiger partial charge in [0.15, 0.2) is 5.96 Å². The molecule has 25 heavy (non-hydrogen) atoms. The fraction of sp³-hybridized carbons (Fsp3) is 0.353. The highest BCUT2D eigenvalue weighted by Gasteiger charge is 2.16. The van der Waals surface area contributed by atoms with Crippen molar-refractivity contribution in [2.75, 3.05) is 20.6 Å². The lowest BCUT2D eigenvalue weighted by atomic mass is 10.2. The van der Waals surface area contributed by atoms with E-state index in [0.717, 1.165) is 24.6 Å². The number of sulfonamides is 1. The van der Waals surface area contributed by atoms with E-state index in [0.29, 0.717) is 6.54 Å². The van der Waals surface area contributed by atoms with Crippen LogP contribution in [0.15, 0.2) is 51.7 Å². The second-order valence-electron chi connectivity index (χ2n) is 5.56. The van der Waals surface area contributed by atoms with Gasteiger partial charge in [0.1, 0.15) is 0 Å². The third kappa shape index (κ3) is 5.55. The molecule has 1 heterocycles. The molecule has 0 saturated heterocycles. The van der Waals surface area contributed by atoms with Crippen molar-refractivity contribution in [3.63, 3.8) is 0 Å². The first kappa shape index (κ1) is 19.4. The molecule has 2 aromatic rings. The molecule has 6 nitrogen and oxygen atoms in total. The number of nitrogens with one attached hydrogen (secondary N) is 2. The van der Waals surface area contributed by atoms with Crippen LogP contribution in [-0.4, -0.2) is 39.3 Å². The number of nitrogens with zero attached hydrogens (tertiary/aromatic N) is 2. The van der Waals surface area contributed by atoms with Crippen LogP contribution in [0.4, 0.5) is 0 Å². The van der Waals surface area contributed by atoms with Gasteiger partial charge in [-0.3, -0.25) is 0 Å². The molecule has 136 valence electrons. The molecule has 0 aliphatic rings. The number of rotatable bonds is 7. The Kier molecular flexibility index (Phi) is 6.98. The summed E-state index contributed by atoms with van der Waals surface area (Å²) in [5.74, 6) is 0.737. The Bertz CT molecular complexity index is 783. The maximum absolute atomic E-state index is 12.1. The number of guanidine groups is 1. The molecule has 1 aromatic carbocycles. The maximum atomic E-state index is 12.1. The molecule has 2 N–H and O–H groups in total. The maximum Gasteiger partial charge on any atom is 0.242 e. The lowest BCUT2D eigenvalue weighted by Crippen LogP contribution is -2.36. The van der Waals surface area contributed by atoms with E-state index in [1.54, 1.807) is 35.6 Å². The molecule has 0 bridgehead atoms. The van der Waals surface area contributed by atoms with Crippen molar-refractivity contribution in [1.29, 1.82) is 0 Å². The number of hydrogen-bond donors (Lipinski definition) is 2. The van der Waals surface area contributed by atoms with Crippen LogP contribution in [0.1, 0.15) is 17.4 Å². The molecule has 0 saturated carbocycles.